The summed E-state index contributed by atoms with van der Waals surface area (Å²) in [5, 5.41) is 3.09. The molecule has 0 aliphatic heterocycles. The van der Waals surface area contributed by atoms with E-state index in [0.29, 0.717) is 11.5 Å². The highest BCUT2D eigenvalue weighted by Gasteiger charge is 2.20. The minimum absolute atomic E-state index is 0. The maximum Gasteiger partial charge on any atom is 0.242 e. The van der Waals surface area contributed by atoms with Crippen molar-refractivity contribution in [3.63, 3.8) is 0 Å². The lowest BCUT2D eigenvalue weighted by atomic mass is 10.1. The number of sulfonamides is 1. The first-order chi connectivity index (χ1) is 11.9. The lowest BCUT2D eigenvalue weighted by Crippen LogP contribution is -2.32. The molecule has 0 aromatic heterocycles. The number of hydrogen-bond acceptors (Lipinski definition) is 3. The topological polar surface area (TPSA) is 87.8 Å². The minimum atomic E-state index is -3.48. The number of benzene rings is 1. The van der Waals surface area contributed by atoms with E-state index in [1.165, 1.54) is 50.5 Å². The molecule has 6 nitrogen and oxygen atoms in total. The van der Waals surface area contributed by atoms with E-state index in [4.69, 9.17) is 5.73 Å². The predicted molar refractivity (Wildman–Crippen MR) is 119 cm³/mol. The summed E-state index contributed by atoms with van der Waals surface area (Å²) in [5.74, 6) is 0.352. The van der Waals surface area contributed by atoms with Crippen LogP contribution >= 0.6 is 24.0 Å². The molecule has 0 bridgehead atoms. The van der Waals surface area contributed by atoms with E-state index in [1.54, 1.807) is 24.3 Å². The van der Waals surface area contributed by atoms with Gasteiger partial charge in [-0.1, -0.05) is 57.2 Å². The van der Waals surface area contributed by atoms with Crippen molar-refractivity contribution in [2.75, 3.05) is 20.6 Å². The van der Waals surface area contributed by atoms with Gasteiger partial charge in [0.1, 0.15) is 0 Å². The van der Waals surface area contributed by atoms with Crippen LogP contribution in [-0.4, -0.2) is 39.3 Å². The van der Waals surface area contributed by atoms with Gasteiger partial charge in [0.05, 0.1) is 11.4 Å². The number of halogens is 1. The molecule has 0 saturated heterocycles. The summed E-state index contributed by atoms with van der Waals surface area (Å²) in [4.78, 5) is 4.55. The standard InChI is InChI=1S/C18H32N4O2S.HI/c1-4-5-6-7-8-11-14-20-18(19)21-15-16-12-9-10-13-17(16)25(23,24)22(2)3;/h9-10,12-13H,4-8,11,14-15H2,1-3H3,(H3,19,20,21);1H. The van der Waals surface area contributed by atoms with E-state index in [1.807, 2.05) is 0 Å². The zero-order valence-electron chi connectivity index (χ0n) is 16.1. The van der Waals surface area contributed by atoms with Crippen LogP contribution in [-0.2, 0) is 16.6 Å². The summed E-state index contributed by atoms with van der Waals surface area (Å²) in [7, 11) is -0.445. The smallest absolute Gasteiger partial charge is 0.242 e. The number of guanidine groups is 1. The van der Waals surface area contributed by atoms with Crippen LogP contribution in [0.25, 0.3) is 0 Å². The van der Waals surface area contributed by atoms with Crippen molar-refractivity contribution in [3.8, 4) is 0 Å². The Morgan fingerprint density at radius 2 is 1.73 bits per heavy atom. The second-order valence-electron chi connectivity index (χ2n) is 6.29. The van der Waals surface area contributed by atoms with E-state index in [-0.39, 0.29) is 35.4 Å². The van der Waals surface area contributed by atoms with Gasteiger partial charge in [0.15, 0.2) is 5.96 Å². The Morgan fingerprint density at radius 3 is 2.38 bits per heavy atom. The Kier molecular flexibility index (Phi) is 12.9. The summed E-state index contributed by atoms with van der Waals surface area (Å²) in [5.41, 5.74) is 6.52. The Labute approximate surface area is 175 Å². The highest BCUT2D eigenvalue weighted by molar-refractivity contribution is 14.0. The number of hydrogen-bond donors (Lipinski definition) is 2. The van der Waals surface area contributed by atoms with Gasteiger partial charge in [-0.15, -0.1) is 24.0 Å². The van der Waals surface area contributed by atoms with E-state index in [9.17, 15) is 8.42 Å². The van der Waals surface area contributed by atoms with E-state index in [2.05, 4.69) is 17.2 Å². The highest BCUT2D eigenvalue weighted by Crippen LogP contribution is 2.19. The monoisotopic (exact) mass is 496 g/mol. The zero-order valence-corrected chi connectivity index (χ0v) is 19.2. The number of nitrogens with two attached hydrogens (primary N) is 1. The van der Waals surface area contributed by atoms with Crippen molar-refractivity contribution in [3.05, 3.63) is 29.8 Å². The van der Waals surface area contributed by atoms with Gasteiger partial charge in [-0.25, -0.2) is 17.7 Å². The summed E-state index contributed by atoms with van der Waals surface area (Å²) in [6.07, 6.45) is 7.34. The second kappa shape index (κ2) is 13.3. The lowest BCUT2D eigenvalue weighted by molar-refractivity contribution is 0.519. The Balaban J connectivity index is 0.00000625. The first kappa shape index (κ1) is 25.1. The fraction of sp³-hybridized carbons (Fsp3) is 0.611. The number of aliphatic imine (C=N–C) groups is 1. The van der Waals surface area contributed by atoms with Crippen LogP contribution in [0.3, 0.4) is 0 Å². The third kappa shape index (κ3) is 8.68. The molecule has 1 rings (SSSR count). The van der Waals surface area contributed by atoms with Crippen molar-refractivity contribution in [1.29, 1.82) is 0 Å². The van der Waals surface area contributed by atoms with Crippen LogP contribution < -0.4 is 11.1 Å². The number of nitrogens with zero attached hydrogens (tertiary/aromatic N) is 2. The molecular formula is C18H33IN4O2S. The fourth-order valence-corrected chi connectivity index (χ4v) is 3.54. The Hall–Kier alpha value is -0.870. The molecule has 0 amide bonds. The Bertz CT molecular complexity index is 648. The van der Waals surface area contributed by atoms with Crippen molar-refractivity contribution < 1.29 is 8.42 Å². The average Bonchev–Trinajstić information content (AvgIpc) is 2.59. The third-order valence-corrected chi connectivity index (χ3v) is 5.90. The molecule has 1 aromatic carbocycles. The predicted octanol–water partition coefficient (Wildman–Crippen LogP) is 3.32. The summed E-state index contributed by atoms with van der Waals surface area (Å²) >= 11 is 0. The number of rotatable bonds is 11. The van der Waals surface area contributed by atoms with Crippen molar-refractivity contribution >= 4 is 40.0 Å². The van der Waals surface area contributed by atoms with Gasteiger partial charge in [-0.3, -0.25) is 0 Å². The minimum Gasteiger partial charge on any atom is -0.370 e. The fourth-order valence-electron chi connectivity index (χ4n) is 2.43. The van der Waals surface area contributed by atoms with Crippen molar-refractivity contribution in [2.45, 2.75) is 56.9 Å². The van der Waals surface area contributed by atoms with Crippen molar-refractivity contribution in [2.24, 2.45) is 10.7 Å². The maximum atomic E-state index is 12.3. The van der Waals surface area contributed by atoms with Crippen LogP contribution in [0, 0.1) is 0 Å². The zero-order chi connectivity index (χ0) is 18.7. The van der Waals surface area contributed by atoms with Gasteiger partial charge in [0, 0.05) is 20.6 Å². The SMILES string of the molecule is CCCCCCCCNC(N)=NCc1ccccc1S(=O)(=O)N(C)C.I. The molecule has 0 heterocycles. The Morgan fingerprint density at radius 1 is 1.12 bits per heavy atom. The van der Waals surface area contributed by atoms with Crippen LogP contribution in [0.1, 0.15) is 51.0 Å². The second-order valence-corrected chi connectivity index (χ2v) is 8.41. The van der Waals surface area contributed by atoms with Crippen molar-refractivity contribution in [1.82, 2.24) is 9.62 Å². The van der Waals surface area contributed by atoms with Gasteiger partial charge >= 0.3 is 0 Å². The molecule has 150 valence electrons. The first-order valence-corrected chi connectivity index (χ1v) is 10.4. The van der Waals surface area contributed by atoms with Crippen LogP contribution in [0.4, 0.5) is 0 Å². The molecule has 3 N–H and O–H groups in total. The molecule has 1 aromatic rings. The third-order valence-electron chi connectivity index (χ3n) is 3.99. The molecule has 0 unspecified atom stereocenters. The van der Waals surface area contributed by atoms with E-state index >= 15 is 0 Å². The number of unbranched alkanes of at least 4 members (excludes halogenated alkanes) is 5. The molecule has 0 aliphatic carbocycles. The summed E-state index contributed by atoms with van der Waals surface area (Å²) in [6, 6.07) is 6.88. The van der Waals surface area contributed by atoms with Gasteiger partial charge in [0.2, 0.25) is 10.0 Å². The lowest BCUT2D eigenvalue weighted by Gasteiger charge is -2.14. The molecule has 8 heteroatoms. The molecule has 0 fully saturated rings. The summed E-state index contributed by atoms with van der Waals surface area (Å²) < 4.78 is 25.9. The summed E-state index contributed by atoms with van der Waals surface area (Å²) in [6.45, 7) is 3.23. The molecule has 0 aliphatic rings. The van der Waals surface area contributed by atoms with Gasteiger partial charge in [-0.05, 0) is 18.1 Å². The van der Waals surface area contributed by atoms with Crippen LogP contribution in [0.5, 0.6) is 0 Å². The maximum absolute atomic E-state index is 12.3. The molecule has 26 heavy (non-hydrogen) atoms. The van der Waals surface area contributed by atoms with Gasteiger partial charge < -0.3 is 11.1 Å². The quantitative estimate of drug-likeness (QED) is 0.213. The van der Waals surface area contributed by atoms with Crippen LogP contribution in [0.2, 0.25) is 0 Å². The molecule has 0 saturated carbocycles. The van der Waals surface area contributed by atoms with E-state index < -0.39 is 10.0 Å². The van der Waals surface area contributed by atoms with E-state index in [0.717, 1.165) is 13.0 Å². The van der Waals surface area contributed by atoms with Crippen LogP contribution in [0.15, 0.2) is 34.2 Å². The average molecular weight is 496 g/mol. The molecule has 0 radical (unpaired) electrons. The highest BCUT2D eigenvalue weighted by atomic mass is 127. The number of nitrogens with one attached hydrogen (secondary N) is 1. The molecule has 0 atom stereocenters. The molecular weight excluding hydrogens is 463 g/mol. The largest absolute Gasteiger partial charge is 0.370 e. The van der Waals surface area contributed by atoms with Gasteiger partial charge in [0.25, 0.3) is 0 Å². The van der Waals surface area contributed by atoms with Gasteiger partial charge in [-0.2, -0.15) is 0 Å². The normalized spacial score (nSPS) is 12.1. The molecule has 0 spiro atoms. The first-order valence-electron chi connectivity index (χ1n) is 8.93.